The molecule has 2 saturated carbocycles. The van der Waals surface area contributed by atoms with Gasteiger partial charge in [-0.2, -0.15) is 0 Å². The first kappa shape index (κ1) is 17.0. The number of carbonyl (C=O) groups excluding carboxylic acids is 3. The van der Waals surface area contributed by atoms with Gasteiger partial charge in [0.15, 0.2) is 0 Å². The molecular weight excluding hydrogens is 320 g/mol. The van der Waals surface area contributed by atoms with E-state index in [4.69, 9.17) is 4.74 Å². The molecular formula is C19H28N2O4. The van der Waals surface area contributed by atoms with Crippen LogP contribution in [0.5, 0.6) is 0 Å². The molecule has 4 rings (SSSR count). The van der Waals surface area contributed by atoms with E-state index < -0.39 is 6.04 Å². The summed E-state index contributed by atoms with van der Waals surface area (Å²) in [5, 5.41) is 2.37. The molecule has 0 aromatic heterocycles. The normalized spacial score (nSPS) is 37.1. The van der Waals surface area contributed by atoms with E-state index in [9.17, 15) is 14.4 Å². The molecule has 0 bridgehead atoms. The molecule has 0 spiro atoms. The standard InChI is InChI=1S/C19H28N2O4/c22-17-9-8-16(18(23)20-17)21-11-12-10-14(6-7-15(12)19(21)24)25-13-4-2-1-3-5-13/h12-16H,1-11H2,(H,20,22,23). The van der Waals surface area contributed by atoms with Crippen LogP contribution in [0, 0.1) is 11.8 Å². The fraction of sp³-hybridized carbons (Fsp3) is 0.842. The van der Waals surface area contributed by atoms with Gasteiger partial charge in [-0.25, -0.2) is 0 Å². The third kappa shape index (κ3) is 3.46. The van der Waals surface area contributed by atoms with Crippen LogP contribution in [0.15, 0.2) is 0 Å². The average Bonchev–Trinajstić information content (AvgIpc) is 2.92. The minimum Gasteiger partial charge on any atom is -0.375 e. The van der Waals surface area contributed by atoms with Gasteiger partial charge in [-0.1, -0.05) is 19.3 Å². The maximum atomic E-state index is 12.8. The number of nitrogens with zero attached hydrogens (tertiary/aromatic N) is 1. The topological polar surface area (TPSA) is 75.7 Å². The molecule has 0 aromatic rings. The van der Waals surface area contributed by atoms with E-state index in [2.05, 4.69) is 5.32 Å². The minimum absolute atomic E-state index is 0.0385. The number of carbonyl (C=O) groups is 3. The van der Waals surface area contributed by atoms with Gasteiger partial charge in [-0.3, -0.25) is 19.7 Å². The zero-order chi connectivity index (χ0) is 17.4. The monoisotopic (exact) mass is 348 g/mol. The molecule has 2 heterocycles. The summed E-state index contributed by atoms with van der Waals surface area (Å²) in [6.07, 6.45) is 10.4. The summed E-state index contributed by atoms with van der Waals surface area (Å²) in [5.41, 5.74) is 0. The van der Waals surface area contributed by atoms with Crippen molar-refractivity contribution in [3.8, 4) is 0 Å². The van der Waals surface area contributed by atoms with E-state index >= 15 is 0 Å². The number of likely N-dealkylation sites (tertiary alicyclic amines) is 1. The number of nitrogens with one attached hydrogen (secondary N) is 1. The predicted molar refractivity (Wildman–Crippen MR) is 90.5 cm³/mol. The minimum atomic E-state index is -0.464. The highest BCUT2D eigenvalue weighted by atomic mass is 16.5. The van der Waals surface area contributed by atoms with E-state index in [0.717, 1.165) is 19.3 Å². The van der Waals surface area contributed by atoms with Crippen LogP contribution in [0.2, 0.25) is 0 Å². The predicted octanol–water partition coefficient (Wildman–Crippen LogP) is 1.77. The highest BCUT2D eigenvalue weighted by Gasteiger charge is 2.48. The molecule has 4 fully saturated rings. The van der Waals surface area contributed by atoms with Crippen molar-refractivity contribution in [1.29, 1.82) is 0 Å². The number of fused-ring (bicyclic) bond motifs is 1. The first-order valence-electron chi connectivity index (χ1n) is 9.91. The number of rotatable bonds is 3. The quantitative estimate of drug-likeness (QED) is 0.789. The second-order valence-electron chi connectivity index (χ2n) is 8.16. The summed E-state index contributed by atoms with van der Waals surface area (Å²) >= 11 is 0. The number of hydrogen-bond donors (Lipinski definition) is 1. The molecule has 4 aliphatic rings. The lowest BCUT2D eigenvalue weighted by molar-refractivity contribution is -0.145. The number of imide groups is 1. The molecule has 1 N–H and O–H groups in total. The number of hydrogen-bond acceptors (Lipinski definition) is 4. The van der Waals surface area contributed by atoms with E-state index in [1.54, 1.807) is 4.90 Å². The second-order valence-corrected chi connectivity index (χ2v) is 8.16. The van der Waals surface area contributed by atoms with Crippen molar-refractivity contribution in [2.75, 3.05) is 6.54 Å². The Bertz CT molecular complexity index is 558. The van der Waals surface area contributed by atoms with Gasteiger partial charge in [0.2, 0.25) is 17.7 Å². The van der Waals surface area contributed by atoms with E-state index in [1.165, 1.54) is 32.1 Å². The largest absolute Gasteiger partial charge is 0.375 e. The lowest BCUT2D eigenvalue weighted by Gasteiger charge is -2.33. The van der Waals surface area contributed by atoms with Gasteiger partial charge in [0.05, 0.1) is 12.2 Å². The molecule has 4 unspecified atom stereocenters. The Hall–Kier alpha value is -1.43. The van der Waals surface area contributed by atoms with Crippen LogP contribution in [-0.2, 0) is 19.1 Å². The molecule has 2 aliphatic heterocycles. The molecule has 4 atom stereocenters. The van der Waals surface area contributed by atoms with Crippen LogP contribution in [0.3, 0.4) is 0 Å². The Morgan fingerprint density at radius 3 is 2.48 bits per heavy atom. The average molecular weight is 348 g/mol. The maximum absolute atomic E-state index is 12.8. The third-order valence-corrected chi connectivity index (χ3v) is 6.49. The Labute approximate surface area is 148 Å². The van der Waals surface area contributed by atoms with Gasteiger partial charge in [-0.15, -0.1) is 0 Å². The van der Waals surface area contributed by atoms with Crippen LogP contribution in [-0.4, -0.2) is 47.4 Å². The Balaban J connectivity index is 1.36. The zero-order valence-electron chi connectivity index (χ0n) is 14.7. The summed E-state index contributed by atoms with van der Waals surface area (Å²) in [6.45, 7) is 0.639. The smallest absolute Gasteiger partial charge is 0.249 e. The number of ether oxygens (including phenoxy) is 1. The van der Waals surface area contributed by atoms with Crippen molar-refractivity contribution >= 4 is 17.7 Å². The fourth-order valence-corrected chi connectivity index (χ4v) is 5.16. The maximum Gasteiger partial charge on any atom is 0.249 e. The lowest BCUT2D eigenvalue weighted by atomic mass is 9.79. The molecule has 0 aromatic carbocycles. The summed E-state index contributed by atoms with van der Waals surface area (Å²) in [4.78, 5) is 38.0. The van der Waals surface area contributed by atoms with Crippen molar-refractivity contribution in [2.24, 2.45) is 11.8 Å². The molecule has 2 saturated heterocycles. The van der Waals surface area contributed by atoms with E-state index in [0.29, 0.717) is 31.4 Å². The summed E-state index contributed by atoms with van der Waals surface area (Å²) in [5.74, 6) is -0.1000. The molecule has 6 nitrogen and oxygen atoms in total. The molecule has 2 aliphatic carbocycles. The summed E-state index contributed by atoms with van der Waals surface area (Å²) < 4.78 is 6.34. The van der Waals surface area contributed by atoms with Crippen molar-refractivity contribution < 1.29 is 19.1 Å². The first-order chi connectivity index (χ1) is 12.1. The first-order valence-corrected chi connectivity index (χ1v) is 9.91. The third-order valence-electron chi connectivity index (χ3n) is 6.49. The Morgan fingerprint density at radius 1 is 0.920 bits per heavy atom. The van der Waals surface area contributed by atoms with Crippen LogP contribution in [0.25, 0.3) is 0 Å². The van der Waals surface area contributed by atoms with Gasteiger partial charge in [0.1, 0.15) is 6.04 Å². The molecule has 25 heavy (non-hydrogen) atoms. The number of amides is 3. The van der Waals surface area contributed by atoms with Gasteiger partial charge < -0.3 is 9.64 Å². The zero-order valence-corrected chi connectivity index (χ0v) is 14.7. The highest BCUT2D eigenvalue weighted by Crippen LogP contribution is 2.40. The molecule has 0 radical (unpaired) electrons. The fourth-order valence-electron chi connectivity index (χ4n) is 5.16. The van der Waals surface area contributed by atoms with Crippen molar-refractivity contribution in [3.63, 3.8) is 0 Å². The van der Waals surface area contributed by atoms with E-state index in [-0.39, 0.29) is 29.7 Å². The summed E-state index contributed by atoms with van der Waals surface area (Å²) in [6, 6.07) is -0.464. The van der Waals surface area contributed by atoms with E-state index in [1.807, 2.05) is 0 Å². The molecule has 138 valence electrons. The van der Waals surface area contributed by atoms with Crippen molar-refractivity contribution in [3.05, 3.63) is 0 Å². The lowest BCUT2D eigenvalue weighted by Crippen LogP contribution is -2.53. The van der Waals surface area contributed by atoms with Crippen LogP contribution in [0.4, 0.5) is 0 Å². The van der Waals surface area contributed by atoms with Crippen molar-refractivity contribution in [2.45, 2.75) is 82.5 Å². The van der Waals surface area contributed by atoms with Gasteiger partial charge in [0, 0.05) is 18.9 Å². The second kappa shape index (κ2) is 7.06. The number of piperidine rings is 1. The highest BCUT2D eigenvalue weighted by molar-refractivity contribution is 6.02. The van der Waals surface area contributed by atoms with Gasteiger partial charge in [-0.05, 0) is 44.4 Å². The van der Waals surface area contributed by atoms with Crippen LogP contribution >= 0.6 is 0 Å². The van der Waals surface area contributed by atoms with Crippen LogP contribution < -0.4 is 5.32 Å². The van der Waals surface area contributed by atoms with Gasteiger partial charge in [0.25, 0.3) is 0 Å². The van der Waals surface area contributed by atoms with Crippen LogP contribution in [0.1, 0.15) is 64.2 Å². The SMILES string of the molecule is O=C1CCC(N2CC3CC(OC4CCCCC4)CCC3C2=O)C(=O)N1. The molecule has 6 heteroatoms. The summed E-state index contributed by atoms with van der Waals surface area (Å²) in [7, 11) is 0. The van der Waals surface area contributed by atoms with Crippen molar-refractivity contribution in [1.82, 2.24) is 10.2 Å². The van der Waals surface area contributed by atoms with Gasteiger partial charge >= 0.3 is 0 Å². The Morgan fingerprint density at radius 2 is 1.72 bits per heavy atom. The molecule has 3 amide bonds. The Kier molecular flexibility index (Phi) is 4.80.